The van der Waals surface area contributed by atoms with E-state index in [1.54, 1.807) is 10.6 Å². The molecule has 0 spiro atoms. The molecule has 2 aromatic rings. The quantitative estimate of drug-likeness (QED) is 0.856. The molecular weight excluding hydrogens is 300 g/mol. The molecule has 3 rings (SSSR count). The molecule has 0 radical (unpaired) electrons. The van der Waals surface area contributed by atoms with Gasteiger partial charge in [0.15, 0.2) is 0 Å². The first-order chi connectivity index (χ1) is 10.6. The lowest BCUT2D eigenvalue weighted by Crippen LogP contribution is -2.40. The Balaban J connectivity index is 1.75. The third kappa shape index (κ3) is 3.20. The first kappa shape index (κ1) is 15.2. The fourth-order valence-corrected chi connectivity index (χ4v) is 4.55. The van der Waals surface area contributed by atoms with E-state index in [2.05, 4.69) is 10.2 Å². The molecule has 0 saturated carbocycles. The highest BCUT2D eigenvalue weighted by molar-refractivity contribution is 7.88. The number of aryl methyl sites for hydroxylation is 1. The predicted molar refractivity (Wildman–Crippen MR) is 83.6 cm³/mol. The molecule has 1 aromatic heterocycles. The van der Waals surface area contributed by atoms with Crippen molar-refractivity contribution in [3.8, 4) is 0 Å². The van der Waals surface area contributed by atoms with Crippen molar-refractivity contribution in [3.63, 3.8) is 0 Å². The molecule has 1 aromatic carbocycles. The Morgan fingerprint density at radius 3 is 2.73 bits per heavy atom. The molecule has 1 fully saturated rings. The number of aromatic nitrogens is 3. The average Bonchev–Trinajstić information content (AvgIpc) is 2.94. The van der Waals surface area contributed by atoms with Crippen LogP contribution >= 0.6 is 0 Å². The summed E-state index contributed by atoms with van der Waals surface area (Å²) in [6.45, 7) is 1.07. The lowest BCUT2D eigenvalue weighted by atomic mass is 9.99. The normalized spacial score (nSPS) is 20.1. The van der Waals surface area contributed by atoms with E-state index in [4.69, 9.17) is 0 Å². The molecule has 1 atom stereocenters. The van der Waals surface area contributed by atoms with Crippen LogP contribution in [0.3, 0.4) is 0 Å². The summed E-state index contributed by atoms with van der Waals surface area (Å²) in [7, 11) is -1.40. The maximum Gasteiger partial charge on any atom is 0.218 e. The highest BCUT2D eigenvalue weighted by Crippen LogP contribution is 2.27. The van der Waals surface area contributed by atoms with Gasteiger partial charge in [0.1, 0.15) is 12.2 Å². The molecule has 7 heteroatoms. The SMILES string of the molecule is Cn1cnnc1[C@@H]1CCCN(S(=O)(=O)Cc2ccccc2)C1. The lowest BCUT2D eigenvalue weighted by Gasteiger charge is -2.31. The van der Waals surface area contributed by atoms with Crippen LogP contribution in [0.4, 0.5) is 0 Å². The summed E-state index contributed by atoms with van der Waals surface area (Å²) in [5, 5.41) is 8.03. The standard InChI is InChI=1S/C15H20N4O2S/c1-18-12-16-17-15(18)14-8-5-9-19(10-14)22(20,21)11-13-6-3-2-4-7-13/h2-4,6-7,12,14H,5,8-11H2,1H3/t14-/m1/s1. The highest BCUT2D eigenvalue weighted by Gasteiger charge is 2.31. The van der Waals surface area contributed by atoms with E-state index in [9.17, 15) is 8.42 Å². The minimum atomic E-state index is -3.30. The van der Waals surface area contributed by atoms with Gasteiger partial charge in [-0.3, -0.25) is 0 Å². The van der Waals surface area contributed by atoms with Crippen molar-refractivity contribution in [3.05, 3.63) is 48.0 Å². The molecule has 0 bridgehead atoms. The molecule has 1 aliphatic rings. The van der Waals surface area contributed by atoms with Crippen molar-refractivity contribution < 1.29 is 8.42 Å². The molecule has 1 saturated heterocycles. The van der Waals surface area contributed by atoms with E-state index in [0.717, 1.165) is 24.2 Å². The van der Waals surface area contributed by atoms with E-state index >= 15 is 0 Å². The Labute approximate surface area is 130 Å². The number of nitrogens with zero attached hydrogens (tertiary/aromatic N) is 4. The van der Waals surface area contributed by atoms with E-state index in [1.165, 1.54) is 0 Å². The van der Waals surface area contributed by atoms with Crippen LogP contribution in [0.25, 0.3) is 0 Å². The number of benzene rings is 1. The second kappa shape index (κ2) is 6.18. The van der Waals surface area contributed by atoms with Crippen LogP contribution in [0.15, 0.2) is 36.7 Å². The number of sulfonamides is 1. The maximum atomic E-state index is 12.6. The second-order valence-corrected chi connectivity index (χ2v) is 7.71. The molecule has 0 unspecified atom stereocenters. The summed E-state index contributed by atoms with van der Waals surface area (Å²) in [4.78, 5) is 0. The van der Waals surface area contributed by atoms with Crippen molar-refractivity contribution in [2.24, 2.45) is 7.05 Å². The van der Waals surface area contributed by atoms with Gasteiger partial charge < -0.3 is 4.57 Å². The molecule has 6 nitrogen and oxygen atoms in total. The van der Waals surface area contributed by atoms with Gasteiger partial charge in [-0.1, -0.05) is 30.3 Å². The van der Waals surface area contributed by atoms with Gasteiger partial charge in [0.25, 0.3) is 0 Å². The fourth-order valence-electron chi connectivity index (χ4n) is 2.94. The third-order valence-electron chi connectivity index (χ3n) is 4.08. The summed E-state index contributed by atoms with van der Waals surface area (Å²) in [5.41, 5.74) is 0.822. The minimum Gasteiger partial charge on any atom is -0.320 e. The Morgan fingerprint density at radius 2 is 2.05 bits per heavy atom. The monoisotopic (exact) mass is 320 g/mol. The fraction of sp³-hybridized carbons (Fsp3) is 0.467. The zero-order valence-electron chi connectivity index (χ0n) is 12.6. The zero-order valence-corrected chi connectivity index (χ0v) is 13.4. The van der Waals surface area contributed by atoms with Gasteiger partial charge in [-0.25, -0.2) is 12.7 Å². The summed E-state index contributed by atoms with van der Waals surface area (Å²) < 4.78 is 28.7. The van der Waals surface area contributed by atoms with E-state index in [1.807, 2.05) is 41.9 Å². The predicted octanol–water partition coefficient (Wildman–Crippen LogP) is 1.52. The molecule has 1 aliphatic heterocycles. The smallest absolute Gasteiger partial charge is 0.218 e. The van der Waals surface area contributed by atoms with Crippen LogP contribution < -0.4 is 0 Å². The average molecular weight is 320 g/mol. The second-order valence-electron chi connectivity index (χ2n) is 5.74. The number of hydrogen-bond acceptors (Lipinski definition) is 4. The van der Waals surface area contributed by atoms with Crippen LogP contribution in [-0.2, 0) is 22.8 Å². The van der Waals surface area contributed by atoms with Gasteiger partial charge in [-0.05, 0) is 18.4 Å². The van der Waals surface area contributed by atoms with Crippen LogP contribution in [-0.4, -0.2) is 40.6 Å². The topological polar surface area (TPSA) is 68.1 Å². The molecular formula is C15H20N4O2S. The third-order valence-corrected chi connectivity index (χ3v) is 5.90. The Hall–Kier alpha value is -1.73. The van der Waals surface area contributed by atoms with Crippen LogP contribution in [0.1, 0.15) is 30.1 Å². The van der Waals surface area contributed by atoms with E-state index < -0.39 is 10.0 Å². The van der Waals surface area contributed by atoms with Crippen molar-refractivity contribution in [2.75, 3.05) is 13.1 Å². The number of rotatable bonds is 4. The molecule has 22 heavy (non-hydrogen) atoms. The Kier molecular flexibility index (Phi) is 4.26. The van der Waals surface area contributed by atoms with Crippen molar-refractivity contribution >= 4 is 10.0 Å². The Bertz CT molecular complexity index is 727. The minimum absolute atomic E-state index is 0.0549. The first-order valence-corrected chi connectivity index (χ1v) is 9.03. The van der Waals surface area contributed by atoms with Gasteiger partial charge in [-0.2, -0.15) is 0 Å². The van der Waals surface area contributed by atoms with E-state index in [0.29, 0.717) is 13.1 Å². The molecule has 0 N–H and O–H groups in total. The summed E-state index contributed by atoms with van der Waals surface area (Å²) >= 11 is 0. The van der Waals surface area contributed by atoms with Crippen LogP contribution in [0.2, 0.25) is 0 Å². The molecule has 2 heterocycles. The molecule has 0 amide bonds. The van der Waals surface area contributed by atoms with Gasteiger partial charge in [0.05, 0.1) is 5.75 Å². The summed E-state index contributed by atoms with van der Waals surface area (Å²) in [6, 6.07) is 9.32. The van der Waals surface area contributed by atoms with E-state index in [-0.39, 0.29) is 11.7 Å². The number of piperidine rings is 1. The van der Waals surface area contributed by atoms with Gasteiger partial charge >= 0.3 is 0 Å². The Morgan fingerprint density at radius 1 is 1.27 bits per heavy atom. The first-order valence-electron chi connectivity index (χ1n) is 7.42. The van der Waals surface area contributed by atoms with Gasteiger partial charge in [0, 0.05) is 26.1 Å². The van der Waals surface area contributed by atoms with Crippen LogP contribution in [0.5, 0.6) is 0 Å². The lowest BCUT2D eigenvalue weighted by molar-refractivity contribution is 0.305. The molecule has 0 aliphatic carbocycles. The summed E-state index contributed by atoms with van der Waals surface area (Å²) in [5.74, 6) is 1.03. The zero-order chi connectivity index (χ0) is 15.6. The largest absolute Gasteiger partial charge is 0.320 e. The van der Waals surface area contributed by atoms with Gasteiger partial charge in [-0.15, -0.1) is 10.2 Å². The van der Waals surface area contributed by atoms with Crippen molar-refractivity contribution in [1.82, 2.24) is 19.1 Å². The summed E-state index contributed by atoms with van der Waals surface area (Å²) in [6.07, 6.45) is 3.46. The van der Waals surface area contributed by atoms with Crippen molar-refractivity contribution in [2.45, 2.75) is 24.5 Å². The molecule has 118 valence electrons. The highest BCUT2D eigenvalue weighted by atomic mass is 32.2. The van der Waals surface area contributed by atoms with Crippen LogP contribution in [0, 0.1) is 0 Å². The number of hydrogen-bond donors (Lipinski definition) is 0. The maximum absolute atomic E-state index is 12.6. The van der Waals surface area contributed by atoms with Crippen molar-refractivity contribution in [1.29, 1.82) is 0 Å². The van der Waals surface area contributed by atoms with Gasteiger partial charge in [0.2, 0.25) is 10.0 Å².